The Kier molecular flexibility index (Phi) is 7.09. The Hall–Kier alpha value is -3.16. The van der Waals surface area contributed by atoms with Crippen molar-refractivity contribution >= 4 is 22.6 Å². The quantitative estimate of drug-likeness (QED) is 0.538. The van der Waals surface area contributed by atoms with Gasteiger partial charge in [0.05, 0.1) is 13.2 Å². The summed E-state index contributed by atoms with van der Waals surface area (Å²) in [6, 6.07) is 10.5. The maximum atomic E-state index is 12.8. The number of methoxy groups -OCH3 is 1. The first kappa shape index (κ1) is 22.5. The summed E-state index contributed by atoms with van der Waals surface area (Å²) >= 11 is 0. The van der Waals surface area contributed by atoms with E-state index in [1.54, 1.807) is 26.2 Å². The van der Waals surface area contributed by atoms with Gasteiger partial charge in [0, 0.05) is 42.9 Å². The summed E-state index contributed by atoms with van der Waals surface area (Å²) in [5, 5.41) is 13.7. The van der Waals surface area contributed by atoms with Gasteiger partial charge in [-0.3, -0.25) is 9.69 Å². The number of nitrogens with one attached hydrogen (secondary N) is 1. The summed E-state index contributed by atoms with van der Waals surface area (Å²) < 4.78 is 10.5. The lowest BCUT2D eigenvalue weighted by Crippen LogP contribution is -2.35. The van der Waals surface area contributed by atoms with E-state index in [0.717, 1.165) is 27.8 Å². The molecule has 0 aliphatic heterocycles. The number of nitrogens with zero attached hydrogens (tertiary/aromatic N) is 1. The van der Waals surface area contributed by atoms with E-state index >= 15 is 0 Å². The zero-order valence-electron chi connectivity index (χ0n) is 18.3. The van der Waals surface area contributed by atoms with Crippen LogP contribution in [0.25, 0.3) is 11.0 Å². The van der Waals surface area contributed by atoms with Crippen LogP contribution in [0, 0.1) is 20.8 Å². The number of phenols is 1. The monoisotopic (exact) mass is 424 g/mol. The number of carbonyl (C=O) groups excluding carboxylic acids is 1. The minimum absolute atomic E-state index is 0.0666. The average Bonchev–Trinajstić information content (AvgIpc) is 2.72. The maximum absolute atomic E-state index is 12.8. The molecule has 1 heterocycles. The molecule has 0 fully saturated rings. The zero-order valence-corrected chi connectivity index (χ0v) is 18.3. The predicted octanol–water partition coefficient (Wildman–Crippen LogP) is 3.51. The van der Waals surface area contributed by atoms with Crippen LogP contribution < -0.4 is 10.9 Å². The van der Waals surface area contributed by atoms with Crippen LogP contribution in [0.5, 0.6) is 5.75 Å². The Morgan fingerprint density at radius 2 is 1.94 bits per heavy atom. The number of aryl methyl sites for hydroxylation is 2. The van der Waals surface area contributed by atoms with E-state index in [0.29, 0.717) is 30.8 Å². The van der Waals surface area contributed by atoms with Crippen molar-refractivity contribution in [1.29, 1.82) is 0 Å². The Morgan fingerprint density at radius 1 is 1.16 bits per heavy atom. The minimum Gasteiger partial charge on any atom is -0.508 e. The third-order valence-electron chi connectivity index (χ3n) is 5.47. The summed E-state index contributed by atoms with van der Waals surface area (Å²) in [5.41, 5.74) is 4.01. The Bertz CT molecular complexity index is 1150. The molecule has 0 atom stereocenters. The molecule has 0 bridgehead atoms. The largest absolute Gasteiger partial charge is 0.508 e. The van der Waals surface area contributed by atoms with E-state index in [1.165, 1.54) is 6.07 Å². The van der Waals surface area contributed by atoms with E-state index < -0.39 is 5.63 Å². The first-order valence-electron chi connectivity index (χ1n) is 10.1. The lowest BCUT2D eigenvalue weighted by Gasteiger charge is -2.22. The molecule has 0 spiro atoms. The number of rotatable bonds is 8. The molecule has 1 aromatic heterocycles. The summed E-state index contributed by atoms with van der Waals surface area (Å²) in [6.07, 6.45) is 0. The van der Waals surface area contributed by atoms with Crippen LogP contribution in [-0.4, -0.2) is 42.7 Å². The van der Waals surface area contributed by atoms with Gasteiger partial charge in [-0.05, 0) is 55.7 Å². The van der Waals surface area contributed by atoms with Gasteiger partial charge in [-0.2, -0.15) is 0 Å². The highest BCUT2D eigenvalue weighted by Crippen LogP contribution is 2.28. The second kappa shape index (κ2) is 9.76. The molecule has 0 aliphatic rings. The molecule has 0 unspecified atom stereocenters. The number of carbonyl (C=O) groups is 1. The van der Waals surface area contributed by atoms with Gasteiger partial charge in [-0.25, -0.2) is 4.79 Å². The van der Waals surface area contributed by atoms with Gasteiger partial charge >= 0.3 is 5.63 Å². The van der Waals surface area contributed by atoms with Crippen LogP contribution in [0.1, 0.15) is 22.3 Å². The molecular weight excluding hydrogens is 396 g/mol. The smallest absolute Gasteiger partial charge is 0.336 e. The van der Waals surface area contributed by atoms with Crippen LogP contribution in [0.4, 0.5) is 5.69 Å². The van der Waals surface area contributed by atoms with Crippen molar-refractivity contribution in [3.63, 3.8) is 0 Å². The second-order valence-electron chi connectivity index (χ2n) is 7.68. The van der Waals surface area contributed by atoms with Gasteiger partial charge in [-0.1, -0.05) is 12.1 Å². The van der Waals surface area contributed by atoms with Gasteiger partial charge in [0.25, 0.3) is 0 Å². The normalized spacial score (nSPS) is 11.3. The molecule has 7 nitrogen and oxygen atoms in total. The molecular formula is C24H28N2O5. The fraction of sp³-hybridized carbons (Fsp3) is 0.333. The number of amides is 1. The summed E-state index contributed by atoms with van der Waals surface area (Å²) in [4.78, 5) is 26.8. The van der Waals surface area contributed by atoms with E-state index in [2.05, 4.69) is 5.32 Å². The molecule has 0 radical (unpaired) electrons. The number of ether oxygens (including phenoxy) is 1. The predicted molar refractivity (Wildman–Crippen MR) is 121 cm³/mol. The molecule has 0 saturated carbocycles. The van der Waals surface area contributed by atoms with Crippen molar-refractivity contribution in [2.45, 2.75) is 27.3 Å². The van der Waals surface area contributed by atoms with Crippen molar-refractivity contribution in [2.75, 3.05) is 32.1 Å². The van der Waals surface area contributed by atoms with Crippen molar-refractivity contribution < 1.29 is 19.1 Å². The Balaban J connectivity index is 1.85. The van der Waals surface area contributed by atoms with Crippen molar-refractivity contribution in [3.8, 4) is 5.75 Å². The number of aromatic hydroxyl groups is 1. The highest BCUT2D eigenvalue weighted by atomic mass is 16.5. The molecule has 0 aliphatic carbocycles. The van der Waals surface area contributed by atoms with Gasteiger partial charge in [0.2, 0.25) is 5.91 Å². The number of hydrogen-bond acceptors (Lipinski definition) is 6. The molecule has 2 N–H and O–H groups in total. The fourth-order valence-electron chi connectivity index (χ4n) is 3.50. The first-order chi connectivity index (χ1) is 14.8. The fourth-order valence-corrected chi connectivity index (χ4v) is 3.50. The second-order valence-corrected chi connectivity index (χ2v) is 7.68. The van der Waals surface area contributed by atoms with Crippen molar-refractivity contribution in [3.05, 3.63) is 69.1 Å². The maximum Gasteiger partial charge on any atom is 0.336 e. The van der Waals surface area contributed by atoms with Crippen LogP contribution in [-0.2, 0) is 16.1 Å². The van der Waals surface area contributed by atoms with Gasteiger partial charge in [0.1, 0.15) is 11.3 Å². The topological polar surface area (TPSA) is 92.0 Å². The lowest BCUT2D eigenvalue weighted by atomic mass is 10.1. The van der Waals surface area contributed by atoms with Gasteiger partial charge in [0.15, 0.2) is 0 Å². The Morgan fingerprint density at radius 3 is 2.68 bits per heavy atom. The Labute approximate surface area is 181 Å². The van der Waals surface area contributed by atoms with E-state index in [9.17, 15) is 14.7 Å². The average molecular weight is 424 g/mol. The molecule has 1 amide bonds. The summed E-state index contributed by atoms with van der Waals surface area (Å²) in [6.45, 7) is 7.12. The van der Waals surface area contributed by atoms with Crippen LogP contribution in [0.3, 0.4) is 0 Å². The van der Waals surface area contributed by atoms with E-state index in [1.807, 2.05) is 36.9 Å². The molecule has 164 valence electrons. The standard InChI is InChI=1S/C24H28N2O5/c1-15-6-5-7-20(16(15)2)25-22(28)14-26(10-11-30-4)13-18-12-23(29)31-24-17(3)21(27)9-8-19(18)24/h5-9,12,27H,10-11,13-14H2,1-4H3,(H,25,28). The van der Waals surface area contributed by atoms with Gasteiger partial charge in [-0.15, -0.1) is 0 Å². The highest BCUT2D eigenvalue weighted by molar-refractivity contribution is 5.93. The number of benzene rings is 2. The number of fused-ring (bicyclic) bond motifs is 1. The number of hydrogen-bond donors (Lipinski definition) is 2. The molecule has 7 heteroatoms. The molecule has 3 rings (SSSR count). The molecule has 31 heavy (non-hydrogen) atoms. The lowest BCUT2D eigenvalue weighted by molar-refractivity contribution is -0.117. The van der Waals surface area contributed by atoms with Crippen LogP contribution in [0.15, 0.2) is 45.6 Å². The SMILES string of the molecule is COCCN(CC(=O)Nc1cccc(C)c1C)Cc1cc(=O)oc2c(C)c(O)ccc12. The van der Waals surface area contributed by atoms with E-state index in [-0.39, 0.29) is 18.2 Å². The van der Waals surface area contributed by atoms with Crippen LogP contribution >= 0.6 is 0 Å². The third-order valence-corrected chi connectivity index (χ3v) is 5.47. The van der Waals surface area contributed by atoms with Crippen molar-refractivity contribution in [1.82, 2.24) is 4.90 Å². The summed E-state index contributed by atoms with van der Waals surface area (Å²) in [5.74, 6) is -0.0807. The number of anilines is 1. The van der Waals surface area contributed by atoms with Gasteiger partial charge < -0.3 is 19.6 Å². The molecule has 0 saturated heterocycles. The molecule has 2 aromatic carbocycles. The van der Waals surface area contributed by atoms with Crippen LogP contribution in [0.2, 0.25) is 0 Å². The zero-order chi connectivity index (χ0) is 22.5. The van der Waals surface area contributed by atoms with E-state index in [4.69, 9.17) is 9.15 Å². The highest BCUT2D eigenvalue weighted by Gasteiger charge is 2.17. The van der Waals surface area contributed by atoms with Crippen molar-refractivity contribution in [2.24, 2.45) is 0 Å². The first-order valence-corrected chi connectivity index (χ1v) is 10.1. The summed E-state index contributed by atoms with van der Waals surface area (Å²) in [7, 11) is 1.60. The minimum atomic E-state index is -0.497. The molecule has 3 aromatic rings. The number of phenolic OH excluding ortho intramolecular Hbond substituents is 1. The third kappa shape index (κ3) is 5.31.